The second-order valence-corrected chi connectivity index (χ2v) is 6.99. The summed E-state index contributed by atoms with van der Waals surface area (Å²) in [7, 11) is 1.71. The van der Waals surface area contributed by atoms with E-state index in [0.717, 1.165) is 25.7 Å². The van der Waals surface area contributed by atoms with Crippen LogP contribution in [-0.2, 0) is 9.59 Å². The number of rotatable bonds is 3. The first-order valence-corrected chi connectivity index (χ1v) is 8.88. The van der Waals surface area contributed by atoms with Crippen molar-refractivity contribution < 1.29 is 14.0 Å². The second kappa shape index (κ2) is 7.32. The highest BCUT2D eigenvalue weighted by atomic mass is 19.1. The molecule has 1 aliphatic carbocycles. The Hall–Kier alpha value is -1.91. The summed E-state index contributed by atoms with van der Waals surface area (Å²) in [5, 5.41) is 3.17. The van der Waals surface area contributed by atoms with E-state index in [4.69, 9.17) is 0 Å². The smallest absolute Gasteiger partial charge is 0.225 e. The molecule has 0 aromatic heterocycles. The largest absolute Gasteiger partial charge is 0.353 e. The van der Waals surface area contributed by atoms with Crippen LogP contribution in [0, 0.1) is 11.7 Å². The minimum Gasteiger partial charge on any atom is -0.353 e. The average Bonchev–Trinajstić information content (AvgIpc) is 2.58. The van der Waals surface area contributed by atoms with Crippen molar-refractivity contribution in [1.82, 2.24) is 10.2 Å². The number of nitrogens with one attached hydrogen (secondary N) is 1. The van der Waals surface area contributed by atoms with Gasteiger partial charge in [0.25, 0.3) is 0 Å². The number of nitrogens with zero attached hydrogens (tertiary/aromatic N) is 1. The predicted octanol–water partition coefficient (Wildman–Crippen LogP) is 3.18. The molecule has 0 bridgehead atoms. The minimum absolute atomic E-state index is 0.00416. The molecule has 1 saturated heterocycles. The molecule has 2 amide bonds. The van der Waals surface area contributed by atoms with Gasteiger partial charge in [-0.2, -0.15) is 0 Å². The van der Waals surface area contributed by atoms with Gasteiger partial charge in [0.05, 0.1) is 12.0 Å². The summed E-state index contributed by atoms with van der Waals surface area (Å²) in [4.78, 5) is 26.6. The van der Waals surface area contributed by atoms with Crippen LogP contribution in [0.1, 0.15) is 56.6 Å². The first-order chi connectivity index (χ1) is 11.6. The van der Waals surface area contributed by atoms with Crippen LogP contribution in [0.4, 0.5) is 4.39 Å². The summed E-state index contributed by atoms with van der Waals surface area (Å²) < 4.78 is 13.6. The molecule has 1 aromatic rings. The van der Waals surface area contributed by atoms with Crippen molar-refractivity contribution in [2.24, 2.45) is 5.92 Å². The van der Waals surface area contributed by atoms with Crippen LogP contribution < -0.4 is 5.32 Å². The number of benzene rings is 1. The molecule has 0 unspecified atom stereocenters. The molecule has 0 spiro atoms. The number of hydrogen-bond donors (Lipinski definition) is 1. The van der Waals surface area contributed by atoms with E-state index in [1.54, 1.807) is 24.1 Å². The van der Waals surface area contributed by atoms with E-state index in [0.29, 0.717) is 18.4 Å². The van der Waals surface area contributed by atoms with Crippen molar-refractivity contribution in [3.8, 4) is 0 Å². The molecule has 3 rings (SSSR count). The van der Waals surface area contributed by atoms with E-state index < -0.39 is 6.04 Å². The van der Waals surface area contributed by atoms with Crippen molar-refractivity contribution in [2.45, 2.75) is 57.0 Å². The summed E-state index contributed by atoms with van der Waals surface area (Å²) in [6.07, 6.45) is 6.48. The Labute approximate surface area is 142 Å². The van der Waals surface area contributed by atoms with Gasteiger partial charge in [0.2, 0.25) is 11.8 Å². The van der Waals surface area contributed by atoms with Gasteiger partial charge in [0.1, 0.15) is 5.82 Å². The molecule has 1 saturated carbocycles. The molecule has 24 heavy (non-hydrogen) atoms. The first kappa shape index (κ1) is 16.9. The van der Waals surface area contributed by atoms with Gasteiger partial charge in [-0.25, -0.2) is 4.39 Å². The highest BCUT2D eigenvalue weighted by Gasteiger charge is 2.39. The maximum absolute atomic E-state index is 13.6. The quantitative estimate of drug-likeness (QED) is 0.924. The van der Waals surface area contributed by atoms with Crippen LogP contribution in [0.15, 0.2) is 24.3 Å². The van der Waals surface area contributed by atoms with Crippen LogP contribution in [0.3, 0.4) is 0 Å². The van der Waals surface area contributed by atoms with E-state index >= 15 is 0 Å². The number of piperidine rings is 1. The highest BCUT2D eigenvalue weighted by molar-refractivity contribution is 5.85. The summed E-state index contributed by atoms with van der Waals surface area (Å²) in [5.41, 5.74) is 0.689. The van der Waals surface area contributed by atoms with Crippen LogP contribution in [-0.4, -0.2) is 29.8 Å². The molecule has 2 aliphatic rings. The number of carbonyl (C=O) groups excluding carboxylic acids is 2. The lowest BCUT2D eigenvalue weighted by Crippen LogP contribution is -2.48. The third-order valence-electron chi connectivity index (χ3n) is 5.34. The van der Waals surface area contributed by atoms with Gasteiger partial charge in [-0.05, 0) is 37.0 Å². The van der Waals surface area contributed by atoms with Crippen molar-refractivity contribution in [3.05, 3.63) is 35.6 Å². The first-order valence-electron chi connectivity index (χ1n) is 8.88. The van der Waals surface area contributed by atoms with Crippen LogP contribution in [0.2, 0.25) is 0 Å². The highest BCUT2D eigenvalue weighted by Crippen LogP contribution is 2.36. The third-order valence-corrected chi connectivity index (χ3v) is 5.34. The fourth-order valence-electron chi connectivity index (χ4n) is 4.01. The van der Waals surface area contributed by atoms with Gasteiger partial charge >= 0.3 is 0 Å². The zero-order chi connectivity index (χ0) is 17.1. The Morgan fingerprint density at radius 2 is 1.96 bits per heavy atom. The van der Waals surface area contributed by atoms with Crippen molar-refractivity contribution in [1.29, 1.82) is 0 Å². The molecule has 1 N–H and O–H groups in total. The van der Waals surface area contributed by atoms with E-state index in [-0.39, 0.29) is 29.6 Å². The Morgan fingerprint density at radius 1 is 1.21 bits per heavy atom. The van der Waals surface area contributed by atoms with E-state index in [2.05, 4.69) is 5.32 Å². The molecule has 5 heteroatoms. The Balaban J connectivity index is 1.80. The lowest BCUT2D eigenvalue weighted by atomic mass is 9.83. The second-order valence-electron chi connectivity index (χ2n) is 6.99. The van der Waals surface area contributed by atoms with Gasteiger partial charge < -0.3 is 10.2 Å². The van der Waals surface area contributed by atoms with E-state index in [1.165, 1.54) is 18.6 Å². The maximum Gasteiger partial charge on any atom is 0.225 e. The summed E-state index contributed by atoms with van der Waals surface area (Å²) in [5.74, 6) is -0.664. The number of carbonyl (C=O) groups is 2. The molecule has 0 radical (unpaired) electrons. The van der Waals surface area contributed by atoms with E-state index in [9.17, 15) is 14.0 Å². The lowest BCUT2D eigenvalue weighted by Gasteiger charge is -2.39. The molecule has 1 heterocycles. The summed E-state index contributed by atoms with van der Waals surface area (Å²) in [6.45, 7) is 0. The minimum atomic E-state index is -0.398. The maximum atomic E-state index is 13.6. The molecule has 1 aliphatic heterocycles. The Morgan fingerprint density at radius 3 is 2.67 bits per heavy atom. The normalized spacial score (nSPS) is 25.6. The van der Waals surface area contributed by atoms with E-state index in [1.807, 2.05) is 0 Å². The molecule has 130 valence electrons. The monoisotopic (exact) mass is 332 g/mol. The third kappa shape index (κ3) is 3.60. The fraction of sp³-hybridized carbons (Fsp3) is 0.579. The number of amides is 2. The molecular formula is C19H25FN2O2. The number of hydrogen-bond acceptors (Lipinski definition) is 2. The van der Waals surface area contributed by atoms with Crippen LogP contribution >= 0.6 is 0 Å². The average molecular weight is 332 g/mol. The van der Waals surface area contributed by atoms with Gasteiger partial charge in [0.15, 0.2) is 0 Å². The number of halogens is 1. The topological polar surface area (TPSA) is 49.4 Å². The SMILES string of the molecule is CN1C(=O)CC[C@H](C(=O)NC2CCCCC2)[C@H]1c1cccc(F)c1. The van der Waals surface area contributed by atoms with Crippen molar-refractivity contribution >= 4 is 11.8 Å². The molecule has 2 atom stereocenters. The summed E-state index contributed by atoms with van der Waals surface area (Å²) >= 11 is 0. The van der Waals surface area contributed by atoms with Gasteiger partial charge in [-0.1, -0.05) is 31.4 Å². The van der Waals surface area contributed by atoms with Gasteiger partial charge in [0, 0.05) is 19.5 Å². The zero-order valence-corrected chi connectivity index (χ0v) is 14.1. The Kier molecular flexibility index (Phi) is 5.17. The number of likely N-dealkylation sites (tertiary alicyclic amines) is 1. The van der Waals surface area contributed by atoms with Crippen LogP contribution in [0.25, 0.3) is 0 Å². The van der Waals surface area contributed by atoms with Crippen molar-refractivity contribution in [2.75, 3.05) is 7.05 Å². The van der Waals surface area contributed by atoms with Gasteiger partial charge in [-0.3, -0.25) is 9.59 Å². The molecule has 4 nitrogen and oxygen atoms in total. The van der Waals surface area contributed by atoms with Crippen molar-refractivity contribution in [3.63, 3.8) is 0 Å². The summed E-state index contributed by atoms with van der Waals surface area (Å²) in [6, 6.07) is 6.08. The lowest BCUT2D eigenvalue weighted by molar-refractivity contribution is -0.142. The standard InChI is InChI=1S/C19H25FN2O2/c1-22-17(23)11-10-16(18(22)13-6-5-7-14(20)12-13)19(24)21-15-8-3-2-4-9-15/h5-7,12,15-16,18H,2-4,8-11H2,1H3,(H,21,24)/t16-,18+/m0/s1. The fourth-order valence-corrected chi connectivity index (χ4v) is 4.01. The van der Waals surface area contributed by atoms with Gasteiger partial charge in [-0.15, -0.1) is 0 Å². The van der Waals surface area contributed by atoms with Crippen LogP contribution in [0.5, 0.6) is 0 Å². The predicted molar refractivity (Wildman–Crippen MR) is 89.7 cm³/mol. The molecule has 1 aromatic carbocycles. The zero-order valence-electron chi connectivity index (χ0n) is 14.1. The molecule has 2 fully saturated rings. The Bertz CT molecular complexity index is 613. The molecular weight excluding hydrogens is 307 g/mol.